The smallest absolute Gasteiger partial charge is 0.0249 e. The highest BCUT2D eigenvalue weighted by atomic mass is 15.2. The molecule has 102 valence electrons. The SMILES string of the molecule is CCNC1CCC(C)CC1N(C)CC(C)(C)C. The lowest BCUT2D eigenvalue weighted by molar-refractivity contribution is 0.0949. The van der Waals surface area contributed by atoms with E-state index in [9.17, 15) is 0 Å². The highest BCUT2D eigenvalue weighted by Crippen LogP contribution is 2.29. The van der Waals surface area contributed by atoms with Crippen LogP contribution >= 0.6 is 0 Å². The zero-order chi connectivity index (χ0) is 13.1. The Morgan fingerprint density at radius 1 is 1.24 bits per heavy atom. The van der Waals surface area contributed by atoms with Gasteiger partial charge in [-0.25, -0.2) is 0 Å². The number of likely N-dealkylation sites (N-methyl/N-ethyl adjacent to an activating group) is 2. The van der Waals surface area contributed by atoms with Crippen molar-refractivity contribution in [2.75, 3.05) is 20.1 Å². The normalized spacial score (nSPS) is 30.9. The maximum atomic E-state index is 3.68. The minimum absolute atomic E-state index is 0.395. The van der Waals surface area contributed by atoms with Crippen LogP contribution in [0.3, 0.4) is 0 Å². The summed E-state index contributed by atoms with van der Waals surface area (Å²) in [5, 5.41) is 3.68. The van der Waals surface area contributed by atoms with Gasteiger partial charge in [-0.1, -0.05) is 34.6 Å². The molecule has 0 bridgehead atoms. The zero-order valence-electron chi connectivity index (χ0n) is 12.7. The number of rotatable bonds is 4. The molecule has 0 spiro atoms. The van der Waals surface area contributed by atoms with Gasteiger partial charge in [-0.15, -0.1) is 0 Å². The first-order chi connectivity index (χ1) is 7.83. The van der Waals surface area contributed by atoms with Crippen molar-refractivity contribution < 1.29 is 0 Å². The van der Waals surface area contributed by atoms with Gasteiger partial charge < -0.3 is 10.2 Å². The molecule has 1 aliphatic rings. The summed E-state index contributed by atoms with van der Waals surface area (Å²) in [7, 11) is 2.30. The summed E-state index contributed by atoms with van der Waals surface area (Å²) in [5.74, 6) is 0.886. The molecule has 1 fully saturated rings. The molecule has 0 aliphatic heterocycles. The third-order valence-corrected chi connectivity index (χ3v) is 3.84. The van der Waals surface area contributed by atoms with E-state index >= 15 is 0 Å². The highest BCUT2D eigenvalue weighted by molar-refractivity contribution is 4.90. The molecule has 17 heavy (non-hydrogen) atoms. The Morgan fingerprint density at radius 2 is 1.88 bits per heavy atom. The van der Waals surface area contributed by atoms with Crippen LogP contribution in [0.5, 0.6) is 0 Å². The predicted octanol–water partition coefficient (Wildman–Crippen LogP) is 3.13. The Labute approximate surface area is 108 Å². The van der Waals surface area contributed by atoms with Crippen LogP contribution in [0.4, 0.5) is 0 Å². The number of hydrogen-bond donors (Lipinski definition) is 1. The molecule has 0 aromatic heterocycles. The number of nitrogens with zero attached hydrogens (tertiary/aromatic N) is 1. The summed E-state index contributed by atoms with van der Waals surface area (Å²) in [6, 6.07) is 1.42. The first-order valence-electron chi connectivity index (χ1n) is 7.27. The Bertz CT molecular complexity index is 219. The molecule has 1 rings (SSSR count). The van der Waals surface area contributed by atoms with E-state index in [0.717, 1.165) is 18.5 Å². The van der Waals surface area contributed by atoms with Crippen LogP contribution in [0.15, 0.2) is 0 Å². The van der Waals surface area contributed by atoms with Crippen LogP contribution in [-0.2, 0) is 0 Å². The molecular formula is C15H32N2. The lowest BCUT2D eigenvalue weighted by Crippen LogP contribution is -2.53. The molecule has 1 aliphatic carbocycles. The fourth-order valence-electron chi connectivity index (χ4n) is 3.20. The molecule has 1 N–H and O–H groups in total. The second-order valence-corrected chi connectivity index (χ2v) is 7.13. The van der Waals surface area contributed by atoms with Crippen molar-refractivity contribution >= 4 is 0 Å². The van der Waals surface area contributed by atoms with Gasteiger partial charge in [0, 0.05) is 18.6 Å². The maximum absolute atomic E-state index is 3.68. The van der Waals surface area contributed by atoms with E-state index in [1.54, 1.807) is 0 Å². The fraction of sp³-hybridized carbons (Fsp3) is 1.00. The van der Waals surface area contributed by atoms with E-state index in [4.69, 9.17) is 0 Å². The van der Waals surface area contributed by atoms with Gasteiger partial charge in [0.1, 0.15) is 0 Å². The summed E-state index contributed by atoms with van der Waals surface area (Å²) in [6.45, 7) is 13.9. The predicted molar refractivity (Wildman–Crippen MR) is 76.4 cm³/mol. The molecule has 2 nitrogen and oxygen atoms in total. The Kier molecular flexibility index (Phi) is 5.46. The highest BCUT2D eigenvalue weighted by Gasteiger charge is 2.32. The average Bonchev–Trinajstić information content (AvgIpc) is 2.18. The summed E-state index contributed by atoms with van der Waals surface area (Å²) in [6.07, 6.45) is 4.08. The maximum Gasteiger partial charge on any atom is 0.0249 e. The molecule has 2 heteroatoms. The van der Waals surface area contributed by atoms with Gasteiger partial charge in [-0.05, 0) is 44.2 Å². The topological polar surface area (TPSA) is 15.3 Å². The Balaban J connectivity index is 2.61. The molecule has 0 aromatic carbocycles. The van der Waals surface area contributed by atoms with Crippen LogP contribution in [0.25, 0.3) is 0 Å². The Morgan fingerprint density at radius 3 is 2.41 bits per heavy atom. The number of nitrogens with one attached hydrogen (secondary N) is 1. The molecule has 0 aromatic rings. The molecule has 1 saturated carbocycles. The lowest BCUT2D eigenvalue weighted by Gasteiger charge is -2.42. The monoisotopic (exact) mass is 240 g/mol. The second-order valence-electron chi connectivity index (χ2n) is 7.13. The van der Waals surface area contributed by atoms with Crippen LogP contribution < -0.4 is 5.32 Å². The molecular weight excluding hydrogens is 208 g/mol. The second kappa shape index (κ2) is 6.19. The van der Waals surface area contributed by atoms with Crippen LogP contribution in [0.2, 0.25) is 0 Å². The summed E-state index contributed by atoms with van der Waals surface area (Å²) >= 11 is 0. The molecule has 0 heterocycles. The Hall–Kier alpha value is -0.0800. The summed E-state index contributed by atoms with van der Waals surface area (Å²) in [4.78, 5) is 2.59. The van der Waals surface area contributed by atoms with Gasteiger partial charge in [0.2, 0.25) is 0 Å². The minimum atomic E-state index is 0.395. The molecule has 0 saturated heterocycles. The van der Waals surface area contributed by atoms with E-state index in [-0.39, 0.29) is 0 Å². The van der Waals surface area contributed by atoms with Gasteiger partial charge in [-0.3, -0.25) is 0 Å². The summed E-state index contributed by atoms with van der Waals surface area (Å²) < 4.78 is 0. The van der Waals surface area contributed by atoms with Crippen molar-refractivity contribution in [2.45, 2.75) is 66.0 Å². The molecule has 0 amide bonds. The fourth-order valence-corrected chi connectivity index (χ4v) is 3.20. The van der Waals surface area contributed by atoms with Crippen molar-refractivity contribution in [3.63, 3.8) is 0 Å². The number of hydrogen-bond acceptors (Lipinski definition) is 2. The van der Waals surface area contributed by atoms with E-state index in [2.05, 4.69) is 51.9 Å². The van der Waals surface area contributed by atoms with Gasteiger partial charge in [0.25, 0.3) is 0 Å². The van der Waals surface area contributed by atoms with Gasteiger partial charge >= 0.3 is 0 Å². The first kappa shape index (κ1) is 15.0. The van der Waals surface area contributed by atoms with Crippen LogP contribution in [0, 0.1) is 11.3 Å². The molecule has 3 atom stereocenters. The van der Waals surface area contributed by atoms with Crippen LogP contribution in [-0.4, -0.2) is 37.1 Å². The summed E-state index contributed by atoms with van der Waals surface area (Å²) in [5.41, 5.74) is 0.395. The van der Waals surface area contributed by atoms with E-state index in [0.29, 0.717) is 11.5 Å². The van der Waals surface area contributed by atoms with Gasteiger partial charge in [0.05, 0.1) is 0 Å². The standard InChI is InChI=1S/C15H32N2/c1-7-16-13-9-8-12(2)10-14(13)17(6)11-15(3,4)5/h12-14,16H,7-11H2,1-6H3. The van der Waals surface area contributed by atoms with E-state index in [1.165, 1.54) is 25.8 Å². The van der Waals surface area contributed by atoms with Crippen molar-refractivity contribution in [2.24, 2.45) is 11.3 Å². The quantitative estimate of drug-likeness (QED) is 0.812. The van der Waals surface area contributed by atoms with Crippen LogP contribution in [0.1, 0.15) is 53.9 Å². The third kappa shape index (κ3) is 4.97. The van der Waals surface area contributed by atoms with Crippen molar-refractivity contribution in [3.8, 4) is 0 Å². The van der Waals surface area contributed by atoms with Gasteiger partial charge in [0.15, 0.2) is 0 Å². The third-order valence-electron chi connectivity index (χ3n) is 3.84. The largest absolute Gasteiger partial charge is 0.313 e. The van der Waals surface area contributed by atoms with E-state index in [1.807, 2.05) is 0 Å². The lowest BCUT2D eigenvalue weighted by atomic mass is 9.81. The zero-order valence-corrected chi connectivity index (χ0v) is 12.7. The molecule has 0 radical (unpaired) electrons. The minimum Gasteiger partial charge on any atom is -0.313 e. The molecule has 3 unspecified atom stereocenters. The van der Waals surface area contributed by atoms with Crippen molar-refractivity contribution in [3.05, 3.63) is 0 Å². The van der Waals surface area contributed by atoms with Gasteiger partial charge in [-0.2, -0.15) is 0 Å². The van der Waals surface area contributed by atoms with Crippen molar-refractivity contribution in [1.29, 1.82) is 0 Å². The first-order valence-corrected chi connectivity index (χ1v) is 7.27. The van der Waals surface area contributed by atoms with Crippen molar-refractivity contribution in [1.82, 2.24) is 10.2 Å². The average molecular weight is 240 g/mol. The van der Waals surface area contributed by atoms with E-state index < -0.39 is 0 Å².